The Morgan fingerprint density at radius 2 is 0.697 bits per heavy atom. The normalized spacial score (nSPS) is 12.6. The van der Waals surface area contributed by atoms with Gasteiger partial charge in [-0.3, -0.25) is 9.59 Å². The largest absolute Gasteiger partial charge is 0.466 e. The number of ether oxygens (including phenoxy) is 1. The minimum Gasteiger partial charge on any atom is -0.466 e. The van der Waals surface area contributed by atoms with Crippen LogP contribution in [0.4, 0.5) is 0 Å². The van der Waals surface area contributed by atoms with Crippen LogP contribution in [-0.2, 0) is 14.3 Å². The molecule has 0 aliphatic heterocycles. The molecule has 0 aromatic heterocycles. The fraction of sp³-hybridized carbons (Fsp3) is 0.933. The van der Waals surface area contributed by atoms with Crippen LogP contribution in [0.5, 0.6) is 0 Å². The lowest BCUT2D eigenvalue weighted by Crippen LogP contribution is -2.45. The monoisotopic (exact) mass is 932 g/mol. The number of aliphatic hydroxyl groups excluding tert-OH is 2. The molecule has 0 saturated carbocycles. The summed E-state index contributed by atoms with van der Waals surface area (Å²) in [6.07, 6.45) is 66.7. The zero-order chi connectivity index (χ0) is 47.9. The smallest absolute Gasteiger partial charge is 0.305 e. The van der Waals surface area contributed by atoms with Crippen molar-refractivity contribution in [1.29, 1.82) is 0 Å². The van der Waals surface area contributed by atoms with E-state index >= 15 is 0 Å². The first kappa shape index (κ1) is 64.6. The Morgan fingerprint density at radius 3 is 1.03 bits per heavy atom. The van der Waals surface area contributed by atoms with E-state index in [2.05, 4.69) is 19.2 Å². The standard InChI is InChI=1S/C60H117NO5/c1-3-5-7-9-11-13-15-17-26-30-34-38-42-46-50-54-60(65)66-55-51-47-43-39-35-31-28-25-23-21-19-18-20-22-24-27-29-33-37-41-45-49-53-59(64)61-57(56-62)58(63)52-48-44-40-36-32-16-14-12-10-8-6-4-2/h48,52,57-58,62-63H,3-47,49-51,53-56H2,1-2H3,(H,61,64)/b52-48+. The Hall–Kier alpha value is -1.40. The highest BCUT2D eigenvalue weighted by molar-refractivity contribution is 5.76. The zero-order valence-electron chi connectivity index (χ0n) is 44.7. The summed E-state index contributed by atoms with van der Waals surface area (Å²) >= 11 is 0. The molecular weight excluding hydrogens is 815 g/mol. The van der Waals surface area contributed by atoms with Crippen LogP contribution in [0.25, 0.3) is 0 Å². The topological polar surface area (TPSA) is 95.9 Å². The predicted octanol–water partition coefficient (Wildman–Crippen LogP) is 18.5. The van der Waals surface area contributed by atoms with Crippen LogP contribution in [0.2, 0.25) is 0 Å². The second-order valence-electron chi connectivity index (χ2n) is 20.7. The van der Waals surface area contributed by atoms with E-state index in [0.29, 0.717) is 19.4 Å². The number of hydrogen-bond acceptors (Lipinski definition) is 5. The summed E-state index contributed by atoms with van der Waals surface area (Å²) in [5.74, 6) is -0.0514. The van der Waals surface area contributed by atoms with Crippen LogP contribution in [0.1, 0.15) is 335 Å². The van der Waals surface area contributed by atoms with Gasteiger partial charge in [-0.1, -0.05) is 302 Å². The molecule has 6 nitrogen and oxygen atoms in total. The molecule has 0 radical (unpaired) electrons. The fourth-order valence-corrected chi connectivity index (χ4v) is 9.46. The van der Waals surface area contributed by atoms with E-state index in [9.17, 15) is 19.8 Å². The first-order valence-corrected chi connectivity index (χ1v) is 30.0. The van der Waals surface area contributed by atoms with E-state index in [1.165, 1.54) is 270 Å². The first-order valence-electron chi connectivity index (χ1n) is 30.0. The number of nitrogens with one attached hydrogen (secondary N) is 1. The molecule has 0 aromatic rings. The molecule has 0 aromatic carbocycles. The van der Waals surface area contributed by atoms with Gasteiger partial charge >= 0.3 is 5.97 Å². The van der Waals surface area contributed by atoms with Gasteiger partial charge in [0.05, 0.1) is 25.4 Å². The van der Waals surface area contributed by atoms with Crippen molar-refractivity contribution < 1.29 is 24.5 Å². The Labute approximate surface area is 412 Å². The van der Waals surface area contributed by atoms with Crippen molar-refractivity contribution in [2.45, 2.75) is 347 Å². The minimum atomic E-state index is -0.842. The molecule has 2 atom stereocenters. The molecule has 0 fully saturated rings. The van der Waals surface area contributed by atoms with Gasteiger partial charge in [0, 0.05) is 12.8 Å². The lowest BCUT2D eigenvalue weighted by molar-refractivity contribution is -0.143. The molecule has 2 unspecified atom stereocenters. The SMILES string of the molecule is CCCCCCCCCCCC/C=C/C(O)C(CO)NC(=O)CCCCCCCCCCCCCCCCCCCCCCCCOC(=O)CCCCCCCCCCCCCCCCC. The molecule has 1 amide bonds. The molecule has 66 heavy (non-hydrogen) atoms. The minimum absolute atomic E-state index is 0.0160. The van der Waals surface area contributed by atoms with Gasteiger partial charge in [0.2, 0.25) is 5.91 Å². The molecule has 3 N–H and O–H groups in total. The number of hydrogen-bond donors (Lipinski definition) is 3. The summed E-state index contributed by atoms with van der Waals surface area (Å²) in [6, 6.07) is -0.626. The third-order valence-corrected chi connectivity index (χ3v) is 14.1. The number of allylic oxidation sites excluding steroid dienone is 1. The summed E-state index contributed by atoms with van der Waals surface area (Å²) < 4.78 is 5.49. The summed E-state index contributed by atoms with van der Waals surface area (Å²) in [5.41, 5.74) is 0. The second-order valence-corrected chi connectivity index (χ2v) is 20.7. The number of esters is 1. The van der Waals surface area contributed by atoms with E-state index in [4.69, 9.17) is 4.74 Å². The Balaban J connectivity index is 3.36. The van der Waals surface area contributed by atoms with Crippen LogP contribution >= 0.6 is 0 Å². The van der Waals surface area contributed by atoms with Crippen molar-refractivity contribution in [3.8, 4) is 0 Å². The number of carbonyl (C=O) groups is 2. The van der Waals surface area contributed by atoms with Crippen LogP contribution in [0.3, 0.4) is 0 Å². The average Bonchev–Trinajstić information content (AvgIpc) is 3.32. The highest BCUT2D eigenvalue weighted by atomic mass is 16.5. The van der Waals surface area contributed by atoms with Gasteiger partial charge in [-0.05, 0) is 32.1 Å². The number of carbonyl (C=O) groups excluding carboxylic acids is 2. The highest BCUT2D eigenvalue weighted by Crippen LogP contribution is 2.18. The quantitative estimate of drug-likeness (QED) is 0.0321. The van der Waals surface area contributed by atoms with Crippen molar-refractivity contribution in [3.63, 3.8) is 0 Å². The lowest BCUT2D eigenvalue weighted by atomic mass is 10.0. The van der Waals surface area contributed by atoms with Crippen molar-refractivity contribution in [3.05, 3.63) is 12.2 Å². The molecule has 0 aliphatic carbocycles. The molecular formula is C60H117NO5. The van der Waals surface area contributed by atoms with Crippen LogP contribution in [-0.4, -0.2) is 47.4 Å². The Morgan fingerprint density at radius 1 is 0.409 bits per heavy atom. The zero-order valence-corrected chi connectivity index (χ0v) is 44.7. The van der Waals surface area contributed by atoms with Gasteiger partial charge in [0.15, 0.2) is 0 Å². The predicted molar refractivity (Wildman–Crippen MR) is 287 cm³/mol. The molecule has 0 heterocycles. The molecule has 0 spiro atoms. The first-order chi connectivity index (χ1) is 32.5. The highest BCUT2D eigenvalue weighted by Gasteiger charge is 2.18. The van der Waals surface area contributed by atoms with Crippen LogP contribution in [0, 0.1) is 0 Å². The Kier molecular flexibility index (Phi) is 55.0. The van der Waals surface area contributed by atoms with Gasteiger partial charge in [-0.15, -0.1) is 0 Å². The van der Waals surface area contributed by atoms with E-state index in [-0.39, 0.29) is 18.5 Å². The number of unbranched alkanes of at least 4 members (excludes halogenated alkanes) is 45. The third-order valence-electron chi connectivity index (χ3n) is 14.1. The van der Waals surface area contributed by atoms with Gasteiger partial charge in [0.25, 0.3) is 0 Å². The van der Waals surface area contributed by atoms with Crippen molar-refractivity contribution in [2.24, 2.45) is 0 Å². The molecule has 0 rings (SSSR count). The van der Waals surface area contributed by atoms with Gasteiger partial charge in [-0.25, -0.2) is 0 Å². The maximum Gasteiger partial charge on any atom is 0.305 e. The van der Waals surface area contributed by atoms with Gasteiger partial charge in [0.1, 0.15) is 0 Å². The summed E-state index contributed by atoms with van der Waals surface area (Å²) in [6.45, 7) is 4.92. The molecule has 0 aliphatic rings. The maximum atomic E-state index is 12.4. The summed E-state index contributed by atoms with van der Waals surface area (Å²) in [5, 5.41) is 23.0. The van der Waals surface area contributed by atoms with E-state index in [0.717, 1.165) is 38.5 Å². The second kappa shape index (κ2) is 56.2. The average molecular weight is 933 g/mol. The Bertz CT molecular complexity index is 986. The van der Waals surface area contributed by atoms with Gasteiger partial charge < -0.3 is 20.3 Å². The fourth-order valence-electron chi connectivity index (χ4n) is 9.46. The number of rotatable bonds is 56. The van der Waals surface area contributed by atoms with Gasteiger partial charge in [-0.2, -0.15) is 0 Å². The summed E-state index contributed by atoms with van der Waals surface area (Å²) in [4.78, 5) is 24.5. The molecule has 392 valence electrons. The van der Waals surface area contributed by atoms with Crippen LogP contribution in [0.15, 0.2) is 12.2 Å². The van der Waals surface area contributed by atoms with Crippen molar-refractivity contribution in [2.75, 3.05) is 13.2 Å². The van der Waals surface area contributed by atoms with E-state index in [1.54, 1.807) is 6.08 Å². The lowest BCUT2D eigenvalue weighted by Gasteiger charge is -2.20. The van der Waals surface area contributed by atoms with Crippen molar-refractivity contribution in [1.82, 2.24) is 5.32 Å². The number of amides is 1. The van der Waals surface area contributed by atoms with E-state index in [1.807, 2.05) is 6.08 Å². The van der Waals surface area contributed by atoms with E-state index < -0.39 is 12.1 Å². The molecule has 0 bridgehead atoms. The molecule has 0 saturated heterocycles. The van der Waals surface area contributed by atoms with Crippen molar-refractivity contribution >= 4 is 11.9 Å². The summed E-state index contributed by atoms with van der Waals surface area (Å²) in [7, 11) is 0. The molecule has 6 heteroatoms. The van der Waals surface area contributed by atoms with Crippen LogP contribution < -0.4 is 5.32 Å². The number of aliphatic hydroxyl groups is 2. The maximum absolute atomic E-state index is 12.4. The third kappa shape index (κ3) is 52.0.